The van der Waals surface area contributed by atoms with Crippen molar-refractivity contribution in [3.63, 3.8) is 0 Å². The first kappa shape index (κ1) is 18.4. The van der Waals surface area contributed by atoms with Gasteiger partial charge in [0.2, 0.25) is 0 Å². The average molecular weight is 483 g/mol. The molecule has 10 heteroatoms. The lowest BCUT2D eigenvalue weighted by Crippen LogP contribution is -2.31. The van der Waals surface area contributed by atoms with Crippen LogP contribution >= 0.6 is 39.7 Å². The lowest BCUT2D eigenvalue weighted by atomic mass is 10.2. The number of nitrogens with zero attached hydrogens (tertiary/aromatic N) is 3. The standard InChI is InChI=1S/C14H18Br2N3O4P/c1-3-21-24(20,22-4-2)23-13-8-18-9-17-19(13)14(18)10-5-6-11(15)12(16)7-10/h5-7,9,13-14H,3-4,8H2,1-2H3. The summed E-state index contributed by atoms with van der Waals surface area (Å²) in [4.78, 5) is 2.03. The van der Waals surface area contributed by atoms with Crippen LogP contribution in [0.5, 0.6) is 0 Å². The lowest BCUT2D eigenvalue weighted by Gasteiger charge is -2.26. The summed E-state index contributed by atoms with van der Waals surface area (Å²) in [5.41, 5.74) is 1.05. The van der Waals surface area contributed by atoms with E-state index in [9.17, 15) is 4.57 Å². The average Bonchev–Trinajstić information content (AvgIpc) is 3.07. The van der Waals surface area contributed by atoms with Crippen LogP contribution < -0.4 is 0 Å². The van der Waals surface area contributed by atoms with Crippen LogP contribution in [0.15, 0.2) is 32.2 Å². The minimum atomic E-state index is -3.59. The van der Waals surface area contributed by atoms with Crippen LogP contribution in [0.4, 0.5) is 0 Å². The molecule has 0 N–H and O–H groups in total. The van der Waals surface area contributed by atoms with Gasteiger partial charge in [0.05, 0.1) is 19.8 Å². The highest BCUT2D eigenvalue weighted by Gasteiger charge is 2.47. The predicted octanol–water partition coefficient (Wildman–Crippen LogP) is 4.31. The molecule has 2 bridgehead atoms. The number of benzene rings is 1. The van der Waals surface area contributed by atoms with Gasteiger partial charge in [0.25, 0.3) is 0 Å². The van der Waals surface area contributed by atoms with Crippen molar-refractivity contribution in [3.8, 4) is 0 Å². The highest BCUT2D eigenvalue weighted by atomic mass is 79.9. The van der Waals surface area contributed by atoms with Crippen LogP contribution in [0.25, 0.3) is 0 Å². The number of halogens is 2. The van der Waals surface area contributed by atoms with E-state index in [1.54, 1.807) is 25.2 Å². The first-order valence-electron chi connectivity index (χ1n) is 7.58. The summed E-state index contributed by atoms with van der Waals surface area (Å²) in [7, 11) is -3.59. The van der Waals surface area contributed by atoms with Gasteiger partial charge in [0, 0.05) is 8.95 Å². The van der Waals surface area contributed by atoms with E-state index in [1.165, 1.54) is 0 Å². The largest absolute Gasteiger partial charge is 0.476 e. The first-order valence-corrected chi connectivity index (χ1v) is 10.6. The molecule has 1 aromatic carbocycles. The fourth-order valence-electron chi connectivity index (χ4n) is 2.71. The molecule has 0 saturated carbocycles. The van der Waals surface area contributed by atoms with Crippen LogP contribution in [0.1, 0.15) is 25.6 Å². The SMILES string of the molecule is CCOP(=O)(OCC)OC1CN2C=NN1C2c1ccc(Br)c(Br)c1. The van der Waals surface area contributed by atoms with Gasteiger partial charge >= 0.3 is 7.82 Å². The summed E-state index contributed by atoms with van der Waals surface area (Å²) in [6.45, 7) is 4.53. The maximum atomic E-state index is 12.6. The monoisotopic (exact) mass is 481 g/mol. The maximum absolute atomic E-state index is 12.6. The van der Waals surface area contributed by atoms with Crippen molar-refractivity contribution in [3.05, 3.63) is 32.7 Å². The Morgan fingerprint density at radius 1 is 1.25 bits per heavy atom. The highest BCUT2D eigenvalue weighted by Crippen LogP contribution is 2.53. The third kappa shape index (κ3) is 3.57. The Kier molecular flexibility index (Phi) is 5.68. The Hall–Kier alpha value is -0.440. The van der Waals surface area contributed by atoms with E-state index >= 15 is 0 Å². The van der Waals surface area contributed by atoms with E-state index in [4.69, 9.17) is 13.6 Å². The molecule has 0 aromatic heterocycles. The number of hydrazone groups is 1. The second kappa shape index (κ2) is 7.43. The van der Waals surface area contributed by atoms with E-state index in [-0.39, 0.29) is 19.4 Å². The Morgan fingerprint density at radius 2 is 1.96 bits per heavy atom. The van der Waals surface area contributed by atoms with Crippen LogP contribution in [0, 0.1) is 0 Å². The maximum Gasteiger partial charge on any atom is 0.476 e. The number of hydrogen-bond donors (Lipinski definition) is 0. The molecule has 2 atom stereocenters. The fraction of sp³-hybridized carbons (Fsp3) is 0.500. The third-order valence-electron chi connectivity index (χ3n) is 3.63. The van der Waals surface area contributed by atoms with Gasteiger partial charge in [0.1, 0.15) is 12.5 Å². The Bertz CT molecular complexity index is 680. The Labute approximate surface area is 157 Å². The zero-order valence-corrected chi connectivity index (χ0v) is 17.3. The van der Waals surface area contributed by atoms with Gasteiger partial charge in [-0.25, -0.2) is 9.57 Å². The molecular formula is C14H18Br2N3O4P. The van der Waals surface area contributed by atoms with Gasteiger partial charge in [-0.1, -0.05) is 6.07 Å². The normalized spacial score (nSPS) is 22.7. The summed E-state index contributed by atoms with van der Waals surface area (Å²) >= 11 is 6.99. The van der Waals surface area contributed by atoms with E-state index in [2.05, 4.69) is 37.0 Å². The number of hydrogen-bond acceptors (Lipinski definition) is 7. The number of phosphoric ester groups is 1. The van der Waals surface area contributed by atoms with E-state index in [1.807, 2.05) is 23.1 Å². The molecule has 132 valence electrons. The summed E-state index contributed by atoms with van der Waals surface area (Å²) < 4.78 is 30.7. The quantitative estimate of drug-likeness (QED) is 0.539. The molecule has 2 unspecified atom stereocenters. The summed E-state index contributed by atoms with van der Waals surface area (Å²) in [6, 6.07) is 6.01. The molecule has 2 heterocycles. The smallest absolute Gasteiger partial charge is 0.331 e. The molecule has 0 spiro atoms. The van der Waals surface area contributed by atoms with Crippen LogP contribution in [0.3, 0.4) is 0 Å². The summed E-state index contributed by atoms with van der Waals surface area (Å²) in [6.07, 6.45) is 1.16. The zero-order chi connectivity index (χ0) is 17.3. The van der Waals surface area contributed by atoms with Crippen molar-refractivity contribution >= 4 is 46.0 Å². The van der Waals surface area contributed by atoms with Gasteiger partial charge in [0.15, 0.2) is 6.23 Å². The van der Waals surface area contributed by atoms with Crippen molar-refractivity contribution in [2.24, 2.45) is 5.10 Å². The summed E-state index contributed by atoms with van der Waals surface area (Å²) in [5, 5.41) is 6.13. The molecule has 1 fully saturated rings. The third-order valence-corrected chi connectivity index (χ3v) is 7.16. The highest BCUT2D eigenvalue weighted by molar-refractivity contribution is 9.13. The topological polar surface area (TPSA) is 63.6 Å². The van der Waals surface area contributed by atoms with E-state index < -0.39 is 14.1 Å². The molecule has 0 aliphatic carbocycles. The number of rotatable bonds is 7. The summed E-state index contributed by atoms with van der Waals surface area (Å²) in [5.74, 6) is 0. The molecule has 1 saturated heterocycles. The molecule has 1 aromatic rings. The number of phosphoric acid groups is 1. The van der Waals surface area contributed by atoms with Crippen LogP contribution in [-0.4, -0.2) is 42.2 Å². The van der Waals surface area contributed by atoms with Crippen molar-refractivity contribution in [1.82, 2.24) is 9.91 Å². The number of fused-ring (bicyclic) bond motifs is 2. The molecule has 24 heavy (non-hydrogen) atoms. The Morgan fingerprint density at radius 3 is 2.58 bits per heavy atom. The molecule has 3 rings (SSSR count). The Balaban J connectivity index is 1.78. The molecule has 2 aliphatic rings. The minimum absolute atomic E-state index is 0.101. The van der Waals surface area contributed by atoms with Gasteiger partial charge < -0.3 is 4.90 Å². The fourth-order valence-corrected chi connectivity index (χ4v) is 4.64. The van der Waals surface area contributed by atoms with Gasteiger partial charge in [-0.15, -0.1) is 0 Å². The van der Waals surface area contributed by atoms with E-state index in [0.717, 1.165) is 14.5 Å². The lowest BCUT2D eigenvalue weighted by molar-refractivity contribution is 0.00686. The van der Waals surface area contributed by atoms with Crippen molar-refractivity contribution in [1.29, 1.82) is 0 Å². The molecular weight excluding hydrogens is 465 g/mol. The zero-order valence-electron chi connectivity index (χ0n) is 13.3. The van der Waals surface area contributed by atoms with Gasteiger partial charge in [-0.2, -0.15) is 5.10 Å². The van der Waals surface area contributed by atoms with Crippen LogP contribution in [-0.2, 0) is 18.1 Å². The van der Waals surface area contributed by atoms with Crippen molar-refractivity contribution < 1.29 is 18.1 Å². The second-order valence-electron chi connectivity index (χ2n) is 5.20. The van der Waals surface area contributed by atoms with Crippen molar-refractivity contribution in [2.75, 3.05) is 19.8 Å². The van der Waals surface area contributed by atoms with Gasteiger partial charge in [-0.05, 0) is 63.4 Å². The molecule has 0 radical (unpaired) electrons. The van der Waals surface area contributed by atoms with Gasteiger partial charge in [-0.3, -0.25) is 13.6 Å². The van der Waals surface area contributed by atoms with Crippen molar-refractivity contribution in [2.45, 2.75) is 26.2 Å². The van der Waals surface area contributed by atoms with Crippen LogP contribution in [0.2, 0.25) is 0 Å². The van der Waals surface area contributed by atoms with E-state index in [0.29, 0.717) is 6.54 Å². The molecule has 2 aliphatic heterocycles. The molecule has 7 nitrogen and oxygen atoms in total. The second-order valence-corrected chi connectivity index (χ2v) is 8.53. The first-order chi connectivity index (χ1) is 11.5. The molecule has 0 amide bonds. The predicted molar refractivity (Wildman–Crippen MR) is 97.4 cm³/mol. The minimum Gasteiger partial charge on any atom is -0.331 e.